The van der Waals surface area contributed by atoms with Crippen LogP contribution in [0.15, 0.2) is 58.3 Å². The minimum absolute atomic E-state index is 0.242. The van der Waals surface area contributed by atoms with Gasteiger partial charge >= 0.3 is 0 Å². The number of nitrogens with one attached hydrogen (secondary N) is 2. The van der Waals surface area contributed by atoms with Gasteiger partial charge in [-0.1, -0.05) is 6.07 Å². The molecule has 9 heteroatoms. The van der Waals surface area contributed by atoms with E-state index in [1.165, 1.54) is 7.11 Å². The highest BCUT2D eigenvalue weighted by Gasteiger charge is 2.18. The Morgan fingerprint density at radius 3 is 2.81 bits per heavy atom. The number of hydrogen-bond donors (Lipinski definition) is 2. The summed E-state index contributed by atoms with van der Waals surface area (Å²) in [6, 6.07) is 12.2. The Morgan fingerprint density at radius 1 is 1.19 bits per heavy atom. The molecule has 3 aromatic heterocycles. The predicted octanol–water partition coefficient (Wildman–Crippen LogP) is 3.50. The third-order valence-electron chi connectivity index (χ3n) is 3.81. The summed E-state index contributed by atoms with van der Waals surface area (Å²) in [6.07, 6.45) is 1.61. The van der Waals surface area contributed by atoms with E-state index in [1.807, 2.05) is 18.2 Å². The number of fused-ring (bicyclic) bond motifs is 1. The van der Waals surface area contributed by atoms with Crippen LogP contribution in [-0.4, -0.2) is 30.7 Å². The maximum Gasteiger partial charge on any atom is 0.271 e. The first kappa shape index (κ1) is 16.6. The second-order valence-electron chi connectivity index (χ2n) is 5.47. The average Bonchev–Trinajstić information content (AvgIpc) is 3.31. The molecule has 0 aliphatic rings. The molecular weight excluding hydrogens is 372 g/mol. The third kappa shape index (κ3) is 3.02. The summed E-state index contributed by atoms with van der Waals surface area (Å²) in [5.74, 6) is 0.435. The number of H-pyrrole nitrogens is 1. The number of hydrogen-bond acceptors (Lipinski definition) is 6. The Hall–Kier alpha value is -2.91. The van der Waals surface area contributed by atoms with Gasteiger partial charge in [0, 0.05) is 11.3 Å². The van der Waals surface area contributed by atoms with Crippen molar-refractivity contribution >= 4 is 38.1 Å². The number of thiophene rings is 1. The Balaban J connectivity index is 1.76. The fourth-order valence-corrected chi connectivity index (χ4v) is 4.65. The zero-order chi connectivity index (χ0) is 18.1. The molecule has 7 nitrogen and oxygen atoms in total. The molecule has 26 heavy (non-hydrogen) atoms. The number of anilines is 1. The number of aromatic amines is 1. The van der Waals surface area contributed by atoms with Crippen molar-refractivity contribution in [1.29, 1.82) is 0 Å². The lowest BCUT2D eigenvalue weighted by Gasteiger charge is -2.12. The quantitative estimate of drug-likeness (QED) is 0.547. The molecule has 0 fully saturated rings. The standard InChI is InChI=1S/C17H14N4O3S2/c1-24-16-5-4-11(13-10-14-12(19-13)6-7-18-20-14)9-15(16)21-26(22,23)17-3-2-8-25-17/h2-10,19,21H,1H3. The van der Waals surface area contributed by atoms with E-state index in [1.54, 1.807) is 35.8 Å². The second kappa shape index (κ2) is 6.43. The maximum absolute atomic E-state index is 12.5. The van der Waals surface area contributed by atoms with Crippen molar-refractivity contribution in [3.8, 4) is 17.0 Å². The Kier molecular flexibility index (Phi) is 4.09. The van der Waals surface area contributed by atoms with Crippen molar-refractivity contribution in [3.05, 3.63) is 54.0 Å². The van der Waals surface area contributed by atoms with Gasteiger partial charge < -0.3 is 9.72 Å². The van der Waals surface area contributed by atoms with Gasteiger partial charge in [0.2, 0.25) is 0 Å². The lowest BCUT2D eigenvalue weighted by molar-refractivity contribution is 0.417. The lowest BCUT2D eigenvalue weighted by Crippen LogP contribution is -2.12. The molecule has 0 aliphatic carbocycles. The summed E-state index contributed by atoms with van der Waals surface area (Å²) in [5, 5.41) is 9.64. The summed E-state index contributed by atoms with van der Waals surface area (Å²) in [7, 11) is -2.17. The fraction of sp³-hybridized carbons (Fsp3) is 0.0588. The number of ether oxygens (including phenoxy) is 1. The summed E-state index contributed by atoms with van der Waals surface area (Å²) >= 11 is 1.15. The van der Waals surface area contributed by atoms with E-state index in [4.69, 9.17) is 4.74 Å². The van der Waals surface area contributed by atoms with Crippen LogP contribution in [0.1, 0.15) is 0 Å². The van der Waals surface area contributed by atoms with Gasteiger partial charge in [0.15, 0.2) is 0 Å². The fourth-order valence-electron chi connectivity index (χ4n) is 2.60. The molecule has 3 heterocycles. The van der Waals surface area contributed by atoms with Crippen LogP contribution in [0.3, 0.4) is 0 Å². The molecule has 2 N–H and O–H groups in total. The van der Waals surface area contributed by atoms with E-state index in [9.17, 15) is 8.42 Å². The van der Waals surface area contributed by atoms with Crippen molar-refractivity contribution < 1.29 is 13.2 Å². The lowest BCUT2D eigenvalue weighted by atomic mass is 10.1. The molecule has 0 bridgehead atoms. The van der Waals surface area contributed by atoms with Gasteiger partial charge in [0.1, 0.15) is 15.5 Å². The van der Waals surface area contributed by atoms with Gasteiger partial charge in [0.05, 0.1) is 24.5 Å². The average molecular weight is 386 g/mol. The van der Waals surface area contributed by atoms with E-state index < -0.39 is 10.0 Å². The van der Waals surface area contributed by atoms with Crippen molar-refractivity contribution in [2.75, 3.05) is 11.8 Å². The van der Waals surface area contributed by atoms with Gasteiger partial charge in [0.25, 0.3) is 10.0 Å². The van der Waals surface area contributed by atoms with Crippen LogP contribution in [-0.2, 0) is 10.0 Å². The predicted molar refractivity (Wildman–Crippen MR) is 101 cm³/mol. The monoisotopic (exact) mass is 386 g/mol. The first-order valence-electron chi connectivity index (χ1n) is 7.62. The molecule has 1 aromatic carbocycles. The zero-order valence-electron chi connectivity index (χ0n) is 13.6. The molecule has 0 radical (unpaired) electrons. The number of rotatable bonds is 5. The molecule has 4 aromatic rings. The normalized spacial score (nSPS) is 11.6. The van der Waals surface area contributed by atoms with Crippen LogP contribution >= 0.6 is 11.3 Å². The molecule has 0 saturated heterocycles. The zero-order valence-corrected chi connectivity index (χ0v) is 15.3. The van der Waals surface area contributed by atoms with E-state index >= 15 is 0 Å². The van der Waals surface area contributed by atoms with Crippen LogP contribution in [0, 0.1) is 0 Å². The van der Waals surface area contributed by atoms with E-state index in [0.717, 1.165) is 33.6 Å². The van der Waals surface area contributed by atoms with Gasteiger partial charge in [-0.2, -0.15) is 5.10 Å². The topological polar surface area (TPSA) is 97.0 Å². The summed E-state index contributed by atoms with van der Waals surface area (Å²) < 4.78 is 33.2. The van der Waals surface area contributed by atoms with E-state index in [0.29, 0.717) is 11.4 Å². The summed E-state index contributed by atoms with van der Waals surface area (Å²) in [4.78, 5) is 3.25. The number of nitrogens with zero attached hydrogens (tertiary/aromatic N) is 2. The minimum atomic E-state index is -3.67. The van der Waals surface area contributed by atoms with Crippen LogP contribution in [0.2, 0.25) is 0 Å². The molecule has 132 valence electrons. The van der Waals surface area contributed by atoms with E-state index in [2.05, 4.69) is 19.9 Å². The van der Waals surface area contributed by atoms with Gasteiger partial charge in [-0.3, -0.25) is 4.72 Å². The SMILES string of the molecule is COc1ccc(-c2cc3nnccc3[nH]2)cc1NS(=O)(=O)c1cccs1. The number of aromatic nitrogens is 3. The first-order valence-corrected chi connectivity index (χ1v) is 9.98. The highest BCUT2D eigenvalue weighted by molar-refractivity contribution is 7.94. The number of benzene rings is 1. The number of methoxy groups -OCH3 is 1. The summed E-state index contributed by atoms with van der Waals surface area (Å²) in [5.41, 5.74) is 3.56. The highest BCUT2D eigenvalue weighted by Crippen LogP contribution is 2.33. The molecule has 0 aliphatic heterocycles. The molecule has 0 unspecified atom stereocenters. The minimum Gasteiger partial charge on any atom is -0.495 e. The van der Waals surface area contributed by atoms with E-state index in [-0.39, 0.29) is 4.21 Å². The molecular formula is C17H14N4O3S2. The molecule has 0 atom stereocenters. The van der Waals surface area contributed by atoms with Crippen molar-refractivity contribution in [3.63, 3.8) is 0 Å². The largest absolute Gasteiger partial charge is 0.495 e. The van der Waals surface area contributed by atoms with Crippen LogP contribution in [0.25, 0.3) is 22.3 Å². The van der Waals surface area contributed by atoms with Crippen LogP contribution in [0.5, 0.6) is 5.75 Å². The smallest absolute Gasteiger partial charge is 0.271 e. The van der Waals surface area contributed by atoms with Gasteiger partial charge in [-0.05, 0) is 41.8 Å². The van der Waals surface area contributed by atoms with Gasteiger partial charge in [-0.25, -0.2) is 8.42 Å². The van der Waals surface area contributed by atoms with Crippen LogP contribution in [0.4, 0.5) is 5.69 Å². The first-order chi connectivity index (χ1) is 12.6. The second-order valence-corrected chi connectivity index (χ2v) is 8.32. The Morgan fingerprint density at radius 2 is 2.08 bits per heavy atom. The number of sulfonamides is 1. The molecule has 0 spiro atoms. The maximum atomic E-state index is 12.5. The van der Waals surface area contributed by atoms with Gasteiger partial charge in [-0.15, -0.1) is 16.4 Å². The Bertz CT molecular complexity index is 1130. The van der Waals surface area contributed by atoms with Crippen molar-refractivity contribution in [2.45, 2.75) is 4.21 Å². The molecule has 4 rings (SSSR count). The highest BCUT2D eigenvalue weighted by atomic mass is 32.2. The summed E-state index contributed by atoms with van der Waals surface area (Å²) in [6.45, 7) is 0. The van der Waals surface area contributed by atoms with Crippen molar-refractivity contribution in [2.24, 2.45) is 0 Å². The molecule has 0 saturated carbocycles. The Labute approximate surface area is 153 Å². The molecule has 0 amide bonds. The third-order valence-corrected chi connectivity index (χ3v) is 6.58. The van der Waals surface area contributed by atoms with Crippen LogP contribution < -0.4 is 9.46 Å². The van der Waals surface area contributed by atoms with Crippen molar-refractivity contribution in [1.82, 2.24) is 15.2 Å².